The van der Waals surface area contributed by atoms with Gasteiger partial charge in [0.2, 0.25) is 0 Å². The van der Waals surface area contributed by atoms with Crippen molar-refractivity contribution in [1.29, 1.82) is 0 Å². The molecule has 2 saturated carbocycles. The van der Waals surface area contributed by atoms with Crippen LogP contribution >= 0.6 is 12.4 Å². The first-order valence-electron chi connectivity index (χ1n) is 13.6. The minimum absolute atomic E-state index is 0. The third-order valence-corrected chi connectivity index (χ3v) is 8.52. The Bertz CT molecular complexity index is 1250. The molecule has 2 saturated heterocycles. The van der Waals surface area contributed by atoms with E-state index in [2.05, 4.69) is 0 Å². The number of hydrogen-bond donors (Lipinski definition) is 0. The molecule has 2 heterocycles. The second kappa shape index (κ2) is 15.3. The van der Waals surface area contributed by atoms with Crippen LogP contribution in [0.4, 0.5) is 43.4 Å². The average molecular weight is 656 g/mol. The van der Waals surface area contributed by atoms with Crippen LogP contribution in [-0.4, -0.2) is 21.9 Å². The molecule has 4 bridgehead atoms. The van der Waals surface area contributed by atoms with Crippen molar-refractivity contribution in [2.45, 2.75) is 104 Å². The fourth-order valence-electron chi connectivity index (χ4n) is 6.62. The molecule has 2 aliphatic carbocycles. The summed E-state index contributed by atoms with van der Waals surface area (Å²) in [5, 5.41) is 21.0. The average Bonchev–Trinajstić information content (AvgIpc) is 3.71. The number of nitro groups is 2. The van der Waals surface area contributed by atoms with Crippen LogP contribution in [0.15, 0.2) is 36.4 Å². The van der Waals surface area contributed by atoms with E-state index in [1.807, 2.05) is 4.90 Å². The molecule has 2 aromatic rings. The zero-order valence-electron chi connectivity index (χ0n) is 22.8. The number of halogens is 7. The molecule has 2 aliphatic heterocycles. The number of nitro benzene ring substituents is 2. The topological polar surface area (TPSA) is 89.5 Å². The highest BCUT2D eigenvalue weighted by molar-refractivity contribution is 5.85. The highest BCUT2D eigenvalue weighted by atomic mass is 35.5. The standard InChI is InChI=1S/C13H13F3N2O2.C8H6F3NO2.C7H12.2CH4.ClH/c14-13(15,16)11-7-10(5-6-12(11)18(19)20)17-8-1-2-9(17)4-3-8;1-5-2-3-7(12(13)14)6(4-5)8(9,10)11;1-2-7-4-3-6(1)5-7;;;/h5-9H,1-4H2;2-4H,1H3;6-7H,1-5H2;2*1H4;1H. The minimum atomic E-state index is -4.71. The van der Waals surface area contributed by atoms with Crippen LogP contribution in [0.3, 0.4) is 0 Å². The predicted octanol–water partition coefficient (Wildman–Crippen LogP) is 10.6. The van der Waals surface area contributed by atoms with E-state index in [1.165, 1.54) is 30.9 Å². The van der Waals surface area contributed by atoms with Gasteiger partial charge in [0, 0.05) is 29.9 Å². The molecule has 4 aliphatic rings. The van der Waals surface area contributed by atoms with E-state index < -0.39 is 44.7 Å². The van der Waals surface area contributed by atoms with Gasteiger partial charge in [-0.15, -0.1) is 12.4 Å². The number of fused-ring (bicyclic) bond motifs is 4. The molecule has 4 fully saturated rings. The SMILES string of the molecule is C.C.C1CC2CCC1C2.Cc1ccc([N+](=O)[O-])c(C(F)(F)F)c1.Cl.O=[N+]([O-])c1ccc(N2C3CCC2CC3)cc1C(F)(F)F. The van der Waals surface area contributed by atoms with Gasteiger partial charge in [-0.3, -0.25) is 20.2 Å². The number of hydrogen-bond acceptors (Lipinski definition) is 5. The molecule has 0 radical (unpaired) electrons. The summed E-state index contributed by atoms with van der Waals surface area (Å²) in [7, 11) is 0. The molecule has 0 atom stereocenters. The lowest BCUT2D eigenvalue weighted by Gasteiger charge is -2.25. The number of aryl methyl sites for hydroxylation is 1. The van der Waals surface area contributed by atoms with E-state index in [0.717, 1.165) is 49.9 Å². The summed E-state index contributed by atoms with van der Waals surface area (Å²) in [6.45, 7) is 1.44. The van der Waals surface area contributed by atoms with Gasteiger partial charge < -0.3 is 4.90 Å². The Morgan fingerprint density at radius 2 is 1.07 bits per heavy atom. The van der Waals surface area contributed by atoms with Crippen LogP contribution in [0, 0.1) is 39.0 Å². The normalized spacial score (nSPS) is 22.8. The van der Waals surface area contributed by atoms with Crippen molar-refractivity contribution in [1.82, 2.24) is 0 Å². The zero-order valence-corrected chi connectivity index (χ0v) is 23.6. The third-order valence-electron chi connectivity index (χ3n) is 8.52. The first-order valence-corrected chi connectivity index (χ1v) is 13.6. The van der Waals surface area contributed by atoms with Crippen LogP contribution < -0.4 is 4.90 Å². The zero-order chi connectivity index (χ0) is 30.1. The summed E-state index contributed by atoms with van der Waals surface area (Å²) in [4.78, 5) is 21.0. The molecule has 0 unspecified atom stereocenters. The molecule has 6 rings (SSSR count). The fourth-order valence-corrected chi connectivity index (χ4v) is 6.62. The summed E-state index contributed by atoms with van der Waals surface area (Å²) in [6.07, 6.45) is 2.38. The van der Waals surface area contributed by atoms with Crippen molar-refractivity contribution in [3.8, 4) is 0 Å². The highest BCUT2D eigenvalue weighted by Gasteiger charge is 2.43. The maximum Gasteiger partial charge on any atom is 0.423 e. The Morgan fingerprint density at radius 1 is 0.682 bits per heavy atom. The number of anilines is 1. The first kappa shape index (κ1) is 38.9. The van der Waals surface area contributed by atoms with Gasteiger partial charge in [0.15, 0.2) is 0 Å². The summed E-state index contributed by atoms with van der Waals surface area (Å²) < 4.78 is 75.7. The lowest BCUT2D eigenvalue weighted by Crippen LogP contribution is -2.28. The van der Waals surface area contributed by atoms with E-state index in [-0.39, 0.29) is 39.3 Å². The summed E-state index contributed by atoms with van der Waals surface area (Å²) in [5.41, 5.74) is -3.37. The minimum Gasteiger partial charge on any atom is -0.366 e. The van der Waals surface area contributed by atoms with Crippen LogP contribution in [0.25, 0.3) is 0 Å². The quantitative estimate of drug-likeness (QED) is 0.186. The summed E-state index contributed by atoms with van der Waals surface area (Å²) in [6, 6.07) is 6.78. The smallest absolute Gasteiger partial charge is 0.366 e. The molecule has 44 heavy (non-hydrogen) atoms. The Kier molecular flexibility index (Phi) is 13.5. The molecule has 2 aromatic carbocycles. The Labute approximate surface area is 259 Å². The van der Waals surface area contributed by atoms with E-state index in [1.54, 1.807) is 32.1 Å². The fraction of sp³-hybridized carbons (Fsp3) is 0.600. The Balaban J connectivity index is 0.000000352. The van der Waals surface area contributed by atoms with E-state index in [4.69, 9.17) is 0 Å². The predicted molar refractivity (Wildman–Crippen MR) is 160 cm³/mol. The van der Waals surface area contributed by atoms with Gasteiger partial charge in [-0.25, -0.2) is 0 Å². The lowest BCUT2D eigenvalue weighted by molar-refractivity contribution is -0.388. The molecular weight excluding hydrogens is 616 g/mol. The molecule has 0 amide bonds. The van der Waals surface area contributed by atoms with Crippen molar-refractivity contribution >= 4 is 29.5 Å². The lowest BCUT2D eigenvalue weighted by atomic mass is 10.0. The number of nitrogens with zero attached hydrogens (tertiary/aromatic N) is 3. The van der Waals surface area contributed by atoms with Gasteiger partial charge >= 0.3 is 12.4 Å². The summed E-state index contributed by atoms with van der Waals surface area (Å²) >= 11 is 0. The van der Waals surface area contributed by atoms with Crippen LogP contribution in [0.2, 0.25) is 0 Å². The number of alkyl halides is 6. The maximum atomic E-state index is 13.0. The van der Waals surface area contributed by atoms with Gasteiger partial charge in [-0.2, -0.15) is 26.3 Å². The summed E-state index contributed by atoms with van der Waals surface area (Å²) in [5.74, 6) is 2.34. The molecular formula is C30H40ClF6N3O4. The largest absolute Gasteiger partial charge is 0.423 e. The van der Waals surface area contributed by atoms with Gasteiger partial charge in [-0.1, -0.05) is 52.2 Å². The molecule has 14 heteroatoms. The van der Waals surface area contributed by atoms with Crippen molar-refractivity contribution in [2.24, 2.45) is 11.8 Å². The maximum absolute atomic E-state index is 13.0. The second-order valence-electron chi connectivity index (χ2n) is 11.2. The van der Waals surface area contributed by atoms with Crippen LogP contribution in [-0.2, 0) is 12.4 Å². The van der Waals surface area contributed by atoms with Crippen molar-refractivity contribution < 1.29 is 36.2 Å². The second-order valence-corrected chi connectivity index (χ2v) is 11.2. The monoisotopic (exact) mass is 655 g/mol. The highest BCUT2D eigenvalue weighted by Crippen LogP contribution is 2.45. The molecule has 7 nitrogen and oxygen atoms in total. The van der Waals surface area contributed by atoms with Crippen molar-refractivity contribution in [3.63, 3.8) is 0 Å². The van der Waals surface area contributed by atoms with E-state index in [9.17, 15) is 46.6 Å². The van der Waals surface area contributed by atoms with Crippen molar-refractivity contribution in [2.75, 3.05) is 4.90 Å². The Hall–Kier alpha value is -3.09. The molecule has 248 valence electrons. The van der Waals surface area contributed by atoms with Gasteiger partial charge in [-0.05, 0) is 69.1 Å². The molecule has 0 aromatic heterocycles. The van der Waals surface area contributed by atoms with Crippen molar-refractivity contribution in [3.05, 3.63) is 73.3 Å². The first-order chi connectivity index (χ1) is 19.1. The third kappa shape index (κ3) is 8.98. The van der Waals surface area contributed by atoms with Crippen LogP contribution in [0.5, 0.6) is 0 Å². The molecule has 0 spiro atoms. The van der Waals surface area contributed by atoms with Gasteiger partial charge in [0.05, 0.1) is 9.85 Å². The number of rotatable bonds is 3. The van der Waals surface area contributed by atoms with E-state index in [0.29, 0.717) is 11.3 Å². The van der Waals surface area contributed by atoms with Gasteiger partial charge in [0.25, 0.3) is 11.4 Å². The number of benzene rings is 2. The van der Waals surface area contributed by atoms with Crippen LogP contribution in [0.1, 0.15) is 89.3 Å². The van der Waals surface area contributed by atoms with Gasteiger partial charge in [0.1, 0.15) is 11.1 Å². The molecule has 0 N–H and O–H groups in total. The Morgan fingerprint density at radius 3 is 1.41 bits per heavy atom. The van der Waals surface area contributed by atoms with E-state index >= 15 is 0 Å².